The molecule has 2 saturated heterocycles. The highest BCUT2D eigenvalue weighted by Crippen LogP contribution is 2.42. The van der Waals surface area contributed by atoms with Crippen molar-refractivity contribution >= 4 is 57.3 Å². The van der Waals surface area contributed by atoms with Gasteiger partial charge in [0.05, 0.1) is 17.7 Å². The normalized spacial score (nSPS) is 28.1. The number of aliphatic hydroxyl groups excluding tert-OH is 3. The number of fused-ring (bicyclic) bond motifs is 1. The van der Waals surface area contributed by atoms with E-state index < -0.39 is 89.7 Å². The Bertz CT molecular complexity index is 1660. The highest BCUT2D eigenvalue weighted by atomic mass is 35.5. The molecule has 316 valence electrons. The van der Waals surface area contributed by atoms with Gasteiger partial charge in [0.1, 0.15) is 42.2 Å². The summed E-state index contributed by atoms with van der Waals surface area (Å²) in [5, 5.41) is 47.3. The van der Waals surface area contributed by atoms with Crippen molar-refractivity contribution in [1.82, 2.24) is 15.5 Å². The van der Waals surface area contributed by atoms with Crippen LogP contribution in [0.1, 0.15) is 63.9 Å². The summed E-state index contributed by atoms with van der Waals surface area (Å²) in [5.74, 6) is -2.57. The molecule has 1 aliphatic carbocycles. The van der Waals surface area contributed by atoms with Crippen LogP contribution in [0.4, 0.5) is 0 Å². The third kappa shape index (κ3) is 12.5. The number of nitrogens with one attached hydrogen (secondary N) is 2. The van der Waals surface area contributed by atoms with Gasteiger partial charge in [0.15, 0.2) is 12.2 Å². The number of alkyl halides is 1. The SMILES string of the molecule is CCC[C@@H](O[C@H]1OC[C@@H](O)[C@H](OS(=O)(=O)O)[C@H]1O)[C@H](NC(=O)[C@H](O)Cc1ccc(O)c(Cl)c1)C(=O)N1[C@H](C(=O)NCCCCN=C(N)N)C[C@@H]2CCC(Cl)C[C@@H]21. The van der Waals surface area contributed by atoms with Gasteiger partial charge in [-0.3, -0.25) is 23.9 Å². The number of phenolic OH excluding ortho intramolecular Hbond substituents is 1. The Balaban J connectivity index is 1.66. The van der Waals surface area contributed by atoms with Gasteiger partial charge in [-0.2, -0.15) is 8.42 Å². The topological polar surface area (TPSA) is 306 Å². The first-order valence-corrected chi connectivity index (χ1v) is 20.6. The van der Waals surface area contributed by atoms with E-state index in [-0.39, 0.29) is 47.4 Å². The summed E-state index contributed by atoms with van der Waals surface area (Å²) in [6.45, 7) is 1.75. The number of nitrogens with two attached hydrogens (primary N) is 2. The zero-order valence-corrected chi connectivity index (χ0v) is 33.1. The van der Waals surface area contributed by atoms with Crippen LogP contribution in [0.2, 0.25) is 5.02 Å². The maximum atomic E-state index is 15.0. The number of ether oxygens (including phenoxy) is 2. The molecule has 56 heavy (non-hydrogen) atoms. The number of likely N-dealkylation sites (tertiary alicyclic amines) is 1. The Morgan fingerprint density at radius 1 is 1.16 bits per heavy atom. The van der Waals surface area contributed by atoms with Crippen molar-refractivity contribution in [1.29, 1.82) is 0 Å². The standard InChI is InChI=1S/C34H52Cl2N6O13S/c1-2-5-26(54-33-28(46)29(25(45)16-53-33)55-56(50,51)52)27(41-31(48)24(44)13-17-6-9-23(43)20(36)12-17)32(49)42-21-15-19(35)8-7-18(21)14-22(42)30(47)39-10-3-4-11-40-34(37)38/h6,9,12,18-19,21-22,24-29,33,43-46H,2-5,7-8,10-11,13-16H2,1H3,(H,39,47)(H,41,48)(H4,37,38,40)(H,50,51,52)/t18-,19?,21-,22-,24+,25+,26+,27-,28+,29-,33+/m0/s1. The molecule has 0 radical (unpaired) electrons. The zero-order chi connectivity index (χ0) is 41.3. The van der Waals surface area contributed by atoms with E-state index in [2.05, 4.69) is 19.8 Å². The molecule has 0 spiro atoms. The molecular formula is C34H52Cl2N6O13S. The van der Waals surface area contributed by atoms with Crippen LogP contribution < -0.4 is 22.1 Å². The van der Waals surface area contributed by atoms with Crippen molar-refractivity contribution in [2.75, 3.05) is 19.7 Å². The molecular weight excluding hydrogens is 803 g/mol. The number of nitrogens with zero attached hydrogens (tertiary/aromatic N) is 2. The number of aromatic hydroxyl groups is 1. The molecule has 4 rings (SSSR count). The highest BCUT2D eigenvalue weighted by molar-refractivity contribution is 7.80. The maximum absolute atomic E-state index is 15.0. The summed E-state index contributed by atoms with van der Waals surface area (Å²) < 4.78 is 48.4. The number of aliphatic hydroxyl groups is 3. The maximum Gasteiger partial charge on any atom is 0.397 e. The number of halogens is 2. The quantitative estimate of drug-likeness (QED) is 0.0294. The molecule has 0 aromatic heterocycles. The summed E-state index contributed by atoms with van der Waals surface area (Å²) >= 11 is 12.6. The lowest BCUT2D eigenvalue weighted by Crippen LogP contribution is -2.63. The van der Waals surface area contributed by atoms with E-state index >= 15 is 4.79 Å². The van der Waals surface area contributed by atoms with E-state index in [0.717, 1.165) is 0 Å². The Labute approximate surface area is 335 Å². The van der Waals surface area contributed by atoms with Crippen LogP contribution in [0, 0.1) is 5.92 Å². The summed E-state index contributed by atoms with van der Waals surface area (Å²) in [7, 11) is -5.16. The van der Waals surface area contributed by atoms with Gasteiger partial charge in [-0.15, -0.1) is 11.6 Å². The molecule has 2 aliphatic heterocycles. The zero-order valence-electron chi connectivity index (χ0n) is 30.8. The smallest absolute Gasteiger partial charge is 0.397 e. The van der Waals surface area contributed by atoms with E-state index in [0.29, 0.717) is 57.1 Å². The fourth-order valence-corrected chi connectivity index (χ4v) is 8.40. The lowest BCUT2D eigenvalue weighted by molar-refractivity contribution is -0.281. The van der Waals surface area contributed by atoms with Gasteiger partial charge < -0.3 is 56.9 Å². The molecule has 2 heterocycles. The van der Waals surface area contributed by atoms with E-state index in [1.54, 1.807) is 6.92 Å². The number of phenols is 1. The summed E-state index contributed by atoms with van der Waals surface area (Å²) in [5.41, 5.74) is 11.1. The van der Waals surface area contributed by atoms with Crippen LogP contribution in [-0.2, 0) is 44.9 Å². The number of guanidine groups is 1. The minimum atomic E-state index is -5.16. The number of aliphatic imine (C=N–C) groups is 1. The van der Waals surface area contributed by atoms with Crippen LogP contribution in [0.5, 0.6) is 5.75 Å². The third-order valence-corrected chi connectivity index (χ3v) is 11.2. The molecule has 22 heteroatoms. The Morgan fingerprint density at radius 3 is 2.55 bits per heavy atom. The first-order chi connectivity index (χ1) is 26.4. The minimum Gasteiger partial charge on any atom is -0.506 e. The van der Waals surface area contributed by atoms with E-state index in [9.17, 15) is 43.0 Å². The molecule has 0 bridgehead atoms. The first-order valence-electron chi connectivity index (χ1n) is 18.4. The molecule has 1 saturated carbocycles. The summed E-state index contributed by atoms with van der Waals surface area (Å²) in [6, 6.07) is 0.973. The predicted molar refractivity (Wildman–Crippen MR) is 202 cm³/mol. The van der Waals surface area contributed by atoms with Gasteiger partial charge >= 0.3 is 10.4 Å². The van der Waals surface area contributed by atoms with Crippen molar-refractivity contribution < 1.29 is 61.4 Å². The largest absolute Gasteiger partial charge is 0.506 e. The van der Waals surface area contributed by atoms with Crippen molar-refractivity contribution in [3.05, 3.63) is 28.8 Å². The highest BCUT2D eigenvalue weighted by Gasteiger charge is 2.52. The lowest BCUT2D eigenvalue weighted by atomic mass is 9.84. The van der Waals surface area contributed by atoms with E-state index in [1.807, 2.05) is 0 Å². The second-order valence-electron chi connectivity index (χ2n) is 14.2. The van der Waals surface area contributed by atoms with Crippen molar-refractivity contribution in [3.63, 3.8) is 0 Å². The second kappa shape index (κ2) is 20.6. The molecule has 1 aromatic carbocycles. The number of amides is 3. The van der Waals surface area contributed by atoms with Crippen molar-refractivity contribution in [2.24, 2.45) is 22.4 Å². The molecule has 11 N–H and O–H groups in total. The predicted octanol–water partition coefficient (Wildman–Crippen LogP) is -0.568. The fourth-order valence-electron chi connectivity index (χ4n) is 7.37. The van der Waals surface area contributed by atoms with Gasteiger partial charge in [-0.05, 0) is 68.6 Å². The van der Waals surface area contributed by atoms with E-state index in [4.69, 9.17) is 44.1 Å². The second-order valence-corrected chi connectivity index (χ2v) is 16.3. The summed E-state index contributed by atoms with van der Waals surface area (Å²) in [4.78, 5) is 47.9. The number of hydrogen-bond acceptors (Lipinski definition) is 13. The first kappa shape index (κ1) is 45.6. The van der Waals surface area contributed by atoms with Crippen LogP contribution in [0.25, 0.3) is 0 Å². The van der Waals surface area contributed by atoms with Gasteiger partial charge in [-0.1, -0.05) is 31.0 Å². The fraction of sp³-hybridized carbons (Fsp3) is 0.706. The van der Waals surface area contributed by atoms with Crippen LogP contribution in [-0.4, -0.2) is 142 Å². The molecule has 3 fully saturated rings. The van der Waals surface area contributed by atoms with Crippen LogP contribution in [0.3, 0.4) is 0 Å². The Kier molecular flexibility index (Phi) is 16.8. The van der Waals surface area contributed by atoms with Crippen molar-refractivity contribution in [2.45, 2.75) is 125 Å². The van der Waals surface area contributed by atoms with Gasteiger partial charge in [0.25, 0.3) is 0 Å². The number of benzene rings is 1. The Hall–Kier alpha value is -3.05. The number of hydrogen-bond donors (Lipinski definition) is 9. The number of carbonyl (C=O) groups excluding carboxylic acids is 3. The van der Waals surface area contributed by atoms with Gasteiger partial charge in [0, 0.05) is 30.9 Å². The molecule has 19 nitrogen and oxygen atoms in total. The van der Waals surface area contributed by atoms with Crippen LogP contribution in [0.15, 0.2) is 23.2 Å². The van der Waals surface area contributed by atoms with Crippen molar-refractivity contribution in [3.8, 4) is 5.75 Å². The lowest BCUT2D eigenvalue weighted by Gasteiger charge is -2.41. The summed E-state index contributed by atoms with van der Waals surface area (Å²) in [6.07, 6.45) is -7.37. The van der Waals surface area contributed by atoms with E-state index in [1.165, 1.54) is 23.1 Å². The molecule has 1 unspecified atom stereocenters. The molecule has 1 aromatic rings. The van der Waals surface area contributed by atoms with Crippen LogP contribution >= 0.6 is 23.2 Å². The number of carbonyl (C=O) groups is 3. The minimum absolute atomic E-state index is 0.0150. The Morgan fingerprint density at radius 2 is 1.89 bits per heavy atom. The average molecular weight is 856 g/mol. The monoisotopic (exact) mass is 854 g/mol. The molecule has 3 amide bonds. The third-order valence-electron chi connectivity index (χ3n) is 10.1. The number of unbranched alkanes of at least 4 members (excludes halogenated alkanes) is 1. The number of rotatable bonds is 18. The van der Waals surface area contributed by atoms with Gasteiger partial charge in [0.2, 0.25) is 17.7 Å². The molecule has 11 atom stereocenters. The van der Waals surface area contributed by atoms with Gasteiger partial charge in [-0.25, -0.2) is 4.18 Å². The molecule has 3 aliphatic rings. The average Bonchev–Trinajstić information content (AvgIpc) is 3.50.